The summed E-state index contributed by atoms with van der Waals surface area (Å²) in [6.45, 7) is 3.10. The summed E-state index contributed by atoms with van der Waals surface area (Å²) >= 11 is 6.10. The maximum Gasteiger partial charge on any atom is 0.254 e. The topological polar surface area (TPSA) is 54.5 Å². The summed E-state index contributed by atoms with van der Waals surface area (Å²) in [6.07, 6.45) is 1.70. The number of ether oxygens (including phenoxy) is 1. The van der Waals surface area contributed by atoms with Crippen LogP contribution in [0.5, 0.6) is 5.75 Å². The van der Waals surface area contributed by atoms with Gasteiger partial charge in [-0.2, -0.15) is 0 Å². The average molecular weight is 334 g/mol. The second-order valence-corrected chi connectivity index (χ2v) is 5.57. The number of carbonyl (C=O) groups excluding carboxylic acids is 1. The molecule has 23 heavy (non-hydrogen) atoms. The number of rotatable bonds is 6. The Morgan fingerprint density at radius 3 is 2.70 bits per heavy atom. The van der Waals surface area contributed by atoms with Crippen LogP contribution in [-0.4, -0.2) is 36.5 Å². The van der Waals surface area contributed by atoms with E-state index in [1.54, 1.807) is 32.4 Å². The van der Waals surface area contributed by atoms with Crippen molar-refractivity contribution in [2.75, 3.05) is 26.0 Å². The van der Waals surface area contributed by atoms with Gasteiger partial charge in [0.15, 0.2) is 0 Å². The Kier molecular flexibility index (Phi) is 5.82. The van der Waals surface area contributed by atoms with Gasteiger partial charge in [0.25, 0.3) is 5.91 Å². The first-order valence-corrected chi connectivity index (χ1v) is 7.72. The molecule has 1 aromatic carbocycles. The molecule has 1 heterocycles. The third-order valence-corrected chi connectivity index (χ3v) is 3.51. The van der Waals surface area contributed by atoms with Crippen molar-refractivity contribution in [3.05, 3.63) is 52.8 Å². The minimum atomic E-state index is -0.127. The molecular weight excluding hydrogens is 314 g/mol. The van der Waals surface area contributed by atoms with Crippen LogP contribution in [0.3, 0.4) is 0 Å². The maximum atomic E-state index is 12.1. The lowest BCUT2D eigenvalue weighted by molar-refractivity contribution is 0.0828. The lowest BCUT2D eigenvalue weighted by atomic mass is 10.1. The number of benzene rings is 1. The first-order chi connectivity index (χ1) is 11.0. The van der Waals surface area contributed by atoms with Crippen LogP contribution >= 0.6 is 11.6 Å². The molecule has 2 rings (SSSR count). The van der Waals surface area contributed by atoms with Crippen LogP contribution < -0.4 is 10.1 Å². The molecule has 0 bridgehead atoms. The Labute approximate surface area is 141 Å². The third kappa shape index (κ3) is 4.60. The van der Waals surface area contributed by atoms with Gasteiger partial charge in [0.2, 0.25) is 0 Å². The van der Waals surface area contributed by atoms with E-state index >= 15 is 0 Å². The summed E-state index contributed by atoms with van der Waals surface area (Å²) in [5.74, 6) is 0.624. The molecular formula is C17H20ClN3O2. The summed E-state index contributed by atoms with van der Waals surface area (Å²) in [4.78, 5) is 17.9. The largest absolute Gasteiger partial charge is 0.492 e. The fourth-order valence-corrected chi connectivity index (χ4v) is 2.20. The highest BCUT2D eigenvalue weighted by atomic mass is 35.5. The fraction of sp³-hybridized carbons (Fsp3) is 0.294. The van der Waals surface area contributed by atoms with E-state index in [1.807, 2.05) is 25.1 Å². The van der Waals surface area contributed by atoms with E-state index in [1.165, 1.54) is 4.90 Å². The summed E-state index contributed by atoms with van der Waals surface area (Å²) in [7, 11) is 3.39. The van der Waals surface area contributed by atoms with Crippen molar-refractivity contribution in [1.29, 1.82) is 0 Å². The number of halogens is 1. The fourth-order valence-electron chi connectivity index (χ4n) is 2.00. The highest BCUT2D eigenvalue weighted by Crippen LogP contribution is 2.22. The molecule has 0 saturated heterocycles. The van der Waals surface area contributed by atoms with E-state index in [0.29, 0.717) is 23.7 Å². The van der Waals surface area contributed by atoms with Crippen LogP contribution in [0.1, 0.15) is 23.0 Å². The summed E-state index contributed by atoms with van der Waals surface area (Å²) in [6, 6.07) is 9.09. The Bertz CT molecular complexity index is 672. The van der Waals surface area contributed by atoms with Gasteiger partial charge in [-0.05, 0) is 37.3 Å². The molecule has 0 aliphatic heterocycles. The van der Waals surface area contributed by atoms with Crippen molar-refractivity contribution < 1.29 is 9.53 Å². The minimum Gasteiger partial charge on any atom is -0.492 e. The SMILES string of the molecule is CCOc1ccc(CNc2ccc(Cl)c(C(=O)N(C)C)c2)nc1. The number of nitrogens with zero attached hydrogens (tertiary/aromatic N) is 2. The average Bonchev–Trinajstić information content (AvgIpc) is 2.55. The zero-order valence-corrected chi connectivity index (χ0v) is 14.2. The van der Waals surface area contributed by atoms with E-state index in [4.69, 9.17) is 16.3 Å². The standard InChI is InChI=1S/C17H20ClN3O2/c1-4-23-14-7-5-13(20-11-14)10-19-12-6-8-16(18)15(9-12)17(22)21(2)3/h5-9,11,19H,4,10H2,1-3H3. The molecule has 122 valence electrons. The summed E-state index contributed by atoms with van der Waals surface area (Å²) < 4.78 is 5.36. The van der Waals surface area contributed by atoms with Crippen LogP contribution in [0.25, 0.3) is 0 Å². The van der Waals surface area contributed by atoms with E-state index in [9.17, 15) is 4.79 Å². The molecule has 0 aliphatic rings. The third-order valence-electron chi connectivity index (χ3n) is 3.19. The van der Waals surface area contributed by atoms with Crippen molar-refractivity contribution in [2.24, 2.45) is 0 Å². The molecule has 0 fully saturated rings. The Balaban J connectivity index is 2.05. The number of nitrogens with one attached hydrogen (secondary N) is 1. The van der Waals surface area contributed by atoms with Gasteiger partial charge in [0, 0.05) is 19.8 Å². The molecule has 5 nitrogen and oxygen atoms in total. The molecule has 1 amide bonds. The minimum absolute atomic E-state index is 0.127. The van der Waals surface area contributed by atoms with Gasteiger partial charge in [0.05, 0.1) is 35.6 Å². The van der Waals surface area contributed by atoms with Crippen molar-refractivity contribution in [1.82, 2.24) is 9.88 Å². The smallest absolute Gasteiger partial charge is 0.254 e. The summed E-state index contributed by atoms with van der Waals surface area (Å²) in [5, 5.41) is 3.68. The van der Waals surface area contributed by atoms with Gasteiger partial charge in [-0.1, -0.05) is 11.6 Å². The molecule has 0 atom stereocenters. The number of hydrogen-bond acceptors (Lipinski definition) is 4. The van der Waals surface area contributed by atoms with Gasteiger partial charge >= 0.3 is 0 Å². The quantitative estimate of drug-likeness (QED) is 0.879. The molecule has 0 radical (unpaired) electrons. The normalized spacial score (nSPS) is 10.3. The Morgan fingerprint density at radius 1 is 1.30 bits per heavy atom. The highest BCUT2D eigenvalue weighted by molar-refractivity contribution is 6.34. The number of anilines is 1. The number of hydrogen-bond donors (Lipinski definition) is 1. The number of aromatic nitrogens is 1. The number of amides is 1. The zero-order valence-electron chi connectivity index (χ0n) is 13.5. The number of pyridine rings is 1. The van der Waals surface area contributed by atoms with E-state index < -0.39 is 0 Å². The van der Waals surface area contributed by atoms with Crippen molar-refractivity contribution in [2.45, 2.75) is 13.5 Å². The highest BCUT2D eigenvalue weighted by Gasteiger charge is 2.13. The molecule has 0 saturated carbocycles. The predicted octanol–water partition coefficient (Wildman–Crippen LogP) is 3.45. The molecule has 6 heteroatoms. The van der Waals surface area contributed by atoms with Crippen molar-refractivity contribution >= 4 is 23.2 Å². The van der Waals surface area contributed by atoms with Gasteiger partial charge in [-0.3, -0.25) is 9.78 Å². The van der Waals surface area contributed by atoms with Crippen LogP contribution in [0, 0.1) is 0 Å². The lowest BCUT2D eigenvalue weighted by Gasteiger charge is -2.13. The first-order valence-electron chi connectivity index (χ1n) is 7.34. The molecule has 0 aliphatic carbocycles. The predicted molar refractivity (Wildman–Crippen MR) is 92.2 cm³/mol. The van der Waals surface area contributed by atoms with E-state index in [2.05, 4.69) is 10.3 Å². The van der Waals surface area contributed by atoms with Gasteiger partial charge in [0.1, 0.15) is 5.75 Å². The molecule has 1 N–H and O–H groups in total. The van der Waals surface area contributed by atoms with Crippen LogP contribution in [0.15, 0.2) is 36.5 Å². The van der Waals surface area contributed by atoms with Gasteiger partial charge in [-0.15, -0.1) is 0 Å². The van der Waals surface area contributed by atoms with Crippen LogP contribution in [-0.2, 0) is 6.54 Å². The second-order valence-electron chi connectivity index (χ2n) is 5.17. The Hall–Kier alpha value is -2.27. The monoisotopic (exact) mass is 333 g/mol. The zero-order chi connectivity index (χ0) is 16.8. The second kappa shape index (κ2) is 7.83. The van der Waals surface area contributed by atoms with Crippen LogP contribution in [0.4, 0.5) is 5.69 Å². The molecule has 1 aromatic heterocycles. The van der Waals surface area contributed by atoms with Gasteiger partial charge in [-0.25, -0.2) is 0 Å². The van der Waals surface area contributed by atoms with Crippen molar-refractivity contribution in [3.63, 3.8) is 0 Å². The Morgan fingerprint density at radius 2 is 2.09 bits per heavy atom. The number of carbonyl (C=O) groups is 1. The lowest BCUT2D eigenvalue weighted by Crippen LogP contribution is -2.22. The molecule has 0 unspecified atom stereocenters. The molecule has 0 spiro atoms. The van der Waals surface area contributed by atoms with Crippen LogP contribution in [0.2, 0.25) is 5.02 Å². The summed E-state index contributed by atoms with van der Waals surface area (Å²) in [5.41, 5.74) is 2.17. The van der Waals surface area contributed by atoms with E-state index in [0.717, 1.165) is 17.1 Å². The molecule has 2 aromatic rings. The van der Waals surface area contributed by atoms with Gasteiger partial charge < -0.3 is 15.0 Å². The maximum absolute atomic E-state index is 12.1. The first kappa shape index (κ1) is 17.1. The van der Waals surface area contributed by atoms with E-state index in [-0.39, 0.29) is 5.91 Å². The van der Waals surface area contributed by atoms with Crippen molar-refractivity contribution in [3.8, 4) is 5.75 Å².